The smallest absolute Gasteiger partial charge is 0.344 e. The highest BCUT2D eigenvalue weighted by Crippen LogP contribution is 2.12. The number of ether oxygens (including phenoxy) is 2. The Hall–Kier alpha value is -3.42. The van der Waals surface area contributed by atoms with Gasteiger partial charge in [-0.1, -0.05) is 12.1 Å². The van der Waals surface area contributed by atoms with Crippen LogP contribution in [0.2, 0.25) is 0 Å². The monoisotopic (exact) mass is 401 g/mol. The summed E-state index contributed by atoms with van der Waals surface area (Å²) in [4.78, 5) is 36.6. The first kappa shape index (κ1) is 21.9. The molecule has 0 radical (unpaired) electrons. The van der Waals surface area contributed by atoms with Gasteiger partial charge in [0.05, 0.1) is 13.2 Å². The van der Waals surface area contributed by atoms with Crippen LogP contribution in [0.1, 0.15) is 29.8 Å². The normalized spacial score (nSPS) is 11.4. The zero-order valence-corrected chi connectivity index (χ0v) is 16.5. The SMILES string of the molecule is CCOC(=O)c1ccc[n+](CC(=O)N[C@@H](Cc2ccc(O)cc2)C(=O)OCC)c1. The molecule has 8 heteroatoms. The molecule has 0 bridgehead atoms. The number of phenolic OH excluding ortho intramolecular Hbond substituents is 1. The van der Waals surface area contributed by atoms with Crippen LogP contribution < -0.4 is 9.88 Å². The standard InChI is InChI=1S/C21H24N2O6/c1-3-28-20(26)16-6-5-11-23(13-16)14-19(25)22-18(21(27)29-4-2)12-15-7-9-17(24)10-8-15/h5-11,13,18H,3-4,12,14H2,1-2H3,(H-,22,24,25)/p+1/t18-/m0/s1. The van der Waals surface area contributed by atoms with Gasteiger partial charge in [-0.2, -0.15) is 4.57 Å². The number of benzene rings is 1. The van der Waals surface area contributed by atoms with Crippen molar-refractivity contribution < 1.29 is 33.5 Å². The number of nitrogens with zero attached hydrogens (tertiary/aromatic N) is 1. The summed E-state index contributed by atoms with van der Waals surface area (Å²) in [6.07, 6.45) is 3.37. The van der Waals surface area contributed by atoms with Gasteiger partial charge < -0.3 is 19.9 Å². The maximum atomic E-state index is 12.5. The molecule has 1 aromatic carbocycles. The van der Waals surface area contributed by atoms with Crippen molar-refractivity contribution in [2.45, 2.75) is 32.9 Å². The Kier molecular flexibility index (Phi) is 8.14. The summed E-state index contributed by atoms with van der Waals surface area (Å²) < 4.78 is 11.5. The average Bonchev–Trinajstić information content (AvgIpc) is 2.69. The van der Waals surface area contributed by atoms with Crippen LogP contribution in [-0.2, 0) is 32.0 Å². The molecular formula is C21H25N2O6+. The van der Waals surface area contributed by atoms with Crippen LogP contribution in [0.4, 0.5) is 0 Å². The van der Waals surface area contributed by atoms with Crippen molar-refractivity contribution in [3.8, 4) is 5.75 Å². The number of hydrogen-bond acceptors (Lipinski definition) is 6. The van der Waals surface area contributed by atoms with Gasteiger partial charge in [0.1, 0.15) is 17.4 Å². The van der Waals surface area contributed by atoms with Crippen LogP contribution in [0.25, 0.3) is 0 Å². The second-order valence-electron chi connectivity index (χ2n) is 6.23. The third-order valence-electron chi connectivity index (χ3n) is 3.98. The van der Waals surface area contributed by atoms with Crippen LogP contribution in [0.15, 0.2) is 48.8 Å². The summed E-state index contributed by atoms with van der Waals surface area (Å²) in [5, 5.41) is 12.1. The van der Waals surface area contributed by atoms with Gasteiger partial charge >= 0.3 is 11.9 Å². The minimum atomic E-state index is -0.874. The van der Waals surface area contributed by atoms with Crippen molar-refractivity contribution in [3.05, 3.63) is 59.9 Å². The van der Waals surface area contributed by atoms with Gasteiger partial charge in [-0.25, -0.2) is 9.59 Å². The number of aromatic nitrogens is 1. The molecule has 0 unspecified atom stereocenters. The van der Waals surface area contributed by atoms with E-state index in [0.717, 1.165) is 5.56 Å². The molecule has 154 valence electrons. The molecule has 2 N–H and O–H groups in total. The number of rotatable bonds is 9. The van der Waals surface area contributed by atoms with Crippen LogP contribution in [0, 0.1) is 0 Å². The van der Waals surface area contributed by atoms with Crippen molar-refractivity contribution >= 4 is 17.8 Å². The van der Waals surface area contributed by atoms with E-state index in [2.05, 4.69) is 5.32 Å². The second kappa shape index (κ2) is 10.8. The van der Waals surface area contributed by atoms with Crippen molar-refractivity contribution in [1.82, 2.24) is 5.32 Å². The number of esters is 2. The predicted molar refractivity (Wildman–Crippen MR) is 103 cm³/mol. The maximum absolute atomic E-state index is 12.5. The van der Waals surface area contributed by atoms with E-state index in [1.54, 1.807) is 44.3 Å². The number of amides is 1. The number of aromatic hydroxyl groups is 1. The van der Waals surface area contributed by atoms with Crippen LogP contribution in [0.5, 0.6) is 5.75 Å². The lowest BCUT2D eigenvalue weighted by atomic mass is 10.1. The highest BCUT2D eigenvalue weighted by atomic mass is 16.5. The molecule has 1 amide bonds. The van der Waals surface area contributed by atoms with Gasteiger partial charge in [0, 0.05) is 12.5 Å². The summed E-state index contributed by atoms with van der Waals surface area (Å²) in [6.45, 7) is 3.77. The van der Waals surface area contributed by atoms with Crippen LogP contribution in [0.3, 0.4) is 0 Å². The van der Waals surface area contributed by atoms with Crippen molar-refractivity contribution in [2.75, 3.05) is 13.2 Å². The lowest BCUT2D eigenvalue weighted by Crippen LogP contribution is -2.49. The molecule has 0 fully saturated rings. The maximum Gasteiger partial charge on any atom is 0.344 e. The van der Waals surface area contributed by atoms with E-state index in [0.29, 0.717) is 5.56 Å². The highest BCUT2D eigenvalue weighted by Gasteiger charge is 2.24. The van der Waals surface area contributed by atoms with E-state index in [1.165, 1.54) is 22.9 Å². The molecule has 0 aliphatic rings. The lowest BCUT2D eigenvalue weighted by Gasteiger charge is -2.16. The number of carbonyl (C=O) groups excluding carboxylic acids is 3. The Morgan fingerprint density at radius 3 is 2.41 bits per heavy atom. The fourth-order valence-corrected chi connectivity index (χ4v) is 2.67. The van der Waals surface area contributed by atoms with Gasteiger partial charge in [-0.15, -0.1) is 0 Å². The Morgan fingerprint density at radius 2 is 1.76 bits per heavy atom. The van der Waals surface area contributed by atoms with Gasteiger partial charge in [-0.05, 0) is 37.6 Å². The topological polar surface area (TPSA) is 106 Å². The Bertz CT molecular complexity index is 851. The molecular weight excluding hydrogens is 376 g/mol. The first-order valence-electron chi connectivity index (χ1n) is 9.33. The lowest BCUT2D eigenvalue weighted by molar-refractivity contribution is -0.684. The zero-order valence-electron chi connectivity index (χ0n) is 16.5. The minimum absolute atomic E-state index is 0.0846. The quantitative estimate of drug-likeness (QED) is 0.482. The molecule has 0 aliphatic heterocycles. The van der Waals surface area contributed by atoms with E-state index in [1.807, 2.05) is 0 Å². The van der Waals surface area contributed by atoms with Crippen LogP contribution >= 0.6 is 0 Å². The number of hydrogen-bond donors (Lipinski definition) is 2. The van der Waals surface area contributed by atoms with Crippen molar-refractivity contribution in [1.29, 1.82) is 0 Å². The first-order valence-corrected chi connectivity index (χ1v) is 9.33. The van der Waals surface area contributed by atoms with E-state index in [9.17, 15) is 19.5 Å². The Balaban J connectivity index is 2.07. The van der Waals surface area contributed by atoms with Gasteiger partial charge in [0.25, 0.3) is 5.91 Å². The number of carbonyl (C=O) groups is 3. The molecule has 1 aromatic heterocycles. The summed E-state index contributed by atoms with van der Waals surface area (Å²) in [5.41, 5.74) is 1.09. The van der Waals surface area contributed by atoms with E-state index in [4.69, 9.17) is 9.47 Å². The molecule has 0 saturated carbocycles. The molecule has 1 heterocycles. The number of pyridine rings is 1. The fourth-order valence-electron chi connectivity index (χ4n) is 2.67. The molecule has 2 rings (SSSR count). The predicted octanol–water partition coefficient (Wildman–Crippen LogP) is 1.15. The zero-order chi connectivity index (χ0) is 21.2. The molecule has 2 aromatic rings. The summed E-state index contributed by atoms with van der Waals surface area (Å²) in [6, 6.07) is 8.72. The Morgan fingerprint density at radius 1 is 1.07 bits per heavy atom. The van der Waals surface area contributed by atoms with Gasteiger partial charge in [0.2, 0.25) is 6.54 Å². The molecule has 0 saturated heterocycles. The third kappa shape index (κ3) is 6.91. The van der Waals surface area contributed by atoms with Crippen molar-refractivity contribution in [3.63, 3.8) is 0 Å². The molecule has 0 spiro atoms. The number of nitrogens with one attached hydrogen (secondary N) is 1. The summed E-state index contributed by atoms with van der Waals surface area (Å²) in [7, 11) is 0. The number of phenols is 1. The van der Waals surface area contributed by atoms with E-state index in [-0.39, 0.29) is 31.9 Å². The van der Waals surface area contributed by atoms with E-state index >= 15 is 0 Å². The van der Waals surface area contributed by atoms with Crippen LogP contribution in [-0.4, -0.2) is 42.2 Å². The van der Waals surface area contributed by atoms with Crippen molar-refractivity contribution in [2.24, 2.45) is 0 Å². The van der Waals surface area contributed by atoms with E-state index < -0.39 is 23.9 Å². The summed E-state index contributed by atoms with van der Waals surface area (Å²) >= 11 is 0. The fraction of sp³-hybridized carbons (Fsp3) is 0.333. The second-order valence-corrected chi connectivity index (χ2v) is 6.23. The van der Waals surface area contributed by atoms with Gasteiger partial charge in [-0.3, -0.25) is 4.79 Å². The molecule has 8 nitrogen and oxygen atoms in total. The Labute approximate surface area is 169 Å². The largest absolute Gasteiger partial charge is 0.508 e. The van der Waals surface area contributed by atoms with Gasteiger partial charge in [0.15, 0.2) is 12.4 Å². The summed E-state index contributed by atoms with van der Waals surface area (Å²) in [5.74, 6) is -1.31. The molecule has 1 atom stereocenters. The average molecular weight is 401 g/mol. The minimum Gasteiger partial charge on any atom is -0.508 e. The highest BCUT2D eigenvalue weighted by molar-refractivity contribution is 5.88. The molecule has 29 heavy (non-hydrogen) atoms. The molecule has 0 aliphatic carbocycles. The third-order valence-corrected chi connectivity index (χ3v) is 3.98. The first-order chi connectivity index (χ1) is 13.9.